The topological polar surface area (TPSA) is 84.5 Å². The second kappa shape index (κ2) is 8.06. The first kappa shape index (κ1) is 20.9. The molecule has 146 valence electrons. The van der Waals surface area contributed by atoms with E-state index < -0.39 is 27.3 Å². The van der Waals surface area contributed by atoms with Crippen molar-refractivity contribution in [3.05, 3.63) is 53.8 Å². The molecule has 0 aliphatic heterocycles. The van der Waals surface area contributed by atoms with Gasteiger partial charge >= 0.3 is 0 Å². The second-order valence-electron chi connectivity index (χ2n) is 6.88. The SMILES string of the molecule is CCOc1ccc(S(=O)(=O)NC(C)(C)C)cc1NC(=O)c1ccccc1F. The van der Waals surface area contributed by atoms with Crippen molar-refractivity contribution in [2.75, 3.05) is 11.9 Å². The van der Waals surface area contributed by atoms with E-state index in [9.17, 15) is 17.6 Å². The normalized spacial score (nSPS) is 11.9. The largest absolute Gasteiger partial charge is 0.492 e. The molecular formula is C19H23FN2O4S. The Hall–Kier alpha value is -2.45. The van der Waals surface area contributed by atoms with Gasteiger partial charge in [-0.15, -0.1) is 0 Å². The number of hydrogen-bond donors (Lipinski definition) is 2. The van der Waals surface area contributed by atoms with E-state index in [2.05, 4.69) is 10.0 Å². The Morgan fingerprint density at radius 3 is 2.41 bits per heavy atom. The summed E-state index contributed by atoms with van der Waals surface area (Å²) in [4.78, 5) is 12.4. The number of benzene rings is 2. The van der Waals surface area contributed by atoms with E-state index in [0.29, 0.717) is 6.61 Å². The van der Waals surface area contributed by atoms with Crippen molar-refractivity contribution in [1.82, 2.24) is 4.72 Å². The van der Waals surface area contributed by atoms with E-state index in [4.69, 9.17) is 4.74 Å². The Kier molecular flexibility index (Phi) is 6.22. The molecule has 0 radical (unpaired) electrons. The predicted molar refractivity (Wildman–Crippen MR) is 102 cm³/mol. The van der Waals surface area contributed by atoms with Crippen molar-refractivity contribution < 1.29 is 22.3 Å². The van der Waals surface area contributed by atoms with E-state index in [0.717, 1.165) is 0 Å². The van der Waals surface area contributed by atoms with Crippen LogP contribution < -0.4 is 14.8 Å². The maximum Gasteiger partial charge on any atom is 0.258 e. The number of ether oxygens (including phenoxy) is 1. The maximum absolute atomic E-state index is 13.8. The first-order chi connectivity index (χ1) is 12.5. The number of nitrogens with one attached hydrogen (secondary N) is 2. The predicted octanol–water partition coefficient (Wildman–Crippen LogP) is 3.55. The minimum atomic E-state index is -3.81. The van der Waals surface area contributed by atoms with Gasteiger partial charge in [0.25, 0.3) is 5.91 Å². The molecule has 0 aliphatic rings. The number of rotatable bonds is 6. The smallest absolute Gasteiger partial charge is 0.258 e. The van der Waals surface area contributed by atoms with Gasteiger partial charge in [0, 0.05) is 5.54 Å². The average molecular weight is 394 g/mol. The Morgan fingerprint density at radius 1 is 1.15 bits per heavy atom. The molecule has 6 nitrogen and oxygen atoms in total. The molecule has 0 heterocycles. The van der Waals surface area contributed by atoms with Crippen molar-refractivity contribution in [3.63, 3.8) is 0 Å². The van der Waals surface area contributed by atoms with Crippen LogP contribution in [0.5, 0.6) is 5.75 Å². The molecule has 0 saturated heterocycles. The van der Waals surface area contributed by atoms with Gasteiger partial charge < -0.3 is 10.1 Å². The summed E-state index contributed by atoms with van der Waals surface area (Å²) in [5.74, 6) is -1.09. The van der Waals surface area contributed by atoms with Gasteiger partial charge in [0.15, 0.2) is 0 Å². The zero-order valence-corrected chi connectivity index (χ0v) is 16.5. The third kappa shape index (κ3) is 5.51. The number of carbonyl (C=O) groups is 1. The van der Waals surface area contributed by atoms with E-state index in [1.807, 2.05) is 0 Å². The van der Waals surface area contributed by atoms with Crippen LogP contribution in [-0.4, -0.2) is 26.5 Å². The summed E-state index contributed by atoms with van der Waals surface area (Å²) in [6, 6.07) is 9.66. The Labute approximate surface area is 158 Å². The highest BCUT2D eigenvalue weighted by Crippen LogP contribution is 2.29. The summed E-state index contributed by atoms with van der Waals surface area (Å²) >= 11 is 0. The number of sulfonamides is 1. The monoisotopic (exact) mass is 394 g/mol. The number of halogens is 1. The van der Waals surface area contributed by atoms with Crippen molar-refractivity contribution in [1.29, 1.82) is 0 Å². The lowest BCUT2D eigenvalue weighted by Crippen LogP contribution is -2.40. The highest BCUT2D eigenvalue weighted by molar-refractivity contribution is 7.89. The van der Waals surface area contributed by atoms with Gasteiger partial charge in [-0.05, 0) is 58.0 Å². The minimum absolute atomic E-state index is 0.0373. The quantitative estimate of drug-likeness (QED) is 0.785. The summed E-state index contributed by atoms with van der Waals surface area (Å²) < 4.78 is 46.9. The molecule has 2 N–H and O–H groups in total. The van der Waals surface area contributed by atoms with Crippen molar-refractivity contribution in [2.24, 2.45) is 0 Å². The molecule has 0 spiro atoms. The number of anilines is 1. The first-order valence-electron chi connectivity index (χ1n) is 8.40. The molecule has 1 amide bonds. The molecule has 0 unspecified atom stereocenters. The summed E-state index contributed by atoms with van der Waals surface area (Å²) in [5, 5.41) is 2.53. The van der Waals surface area contributed by atoms with Gasteiger partial charge in [-0.2, -0.15) is 0 Å². The van der Waals surface area contributed by atoms with Crippen molar-refractivity contribution in [3.8, 4) is 5.75 Å². The molecule has 0 bridgehead atoms. The van der Waals surface area contributed by atoms with Crippen molar-refractivity contribution in [2.45, 2.75) is 38.1 Å². The molecule has 0 aliphatic carbocycles. The van der Waals surface area contributed by atoms with Crippen LogP contribution in [0.2, 0.25) is 0 Å². The van der Waals surface area contributed by atoms with Gasteiger partial charge in [0.2, 0.25) is 10.0 Å². The van der Waals surface area contributed by atoms with Crippen LogP contribution in [0.3, 0.4) is 0 Å². The fraction of sp³-hybridized carbons (Fsp3) is 0.316. The van der Waals surface area contributed by atoms with Crippen LogP contribution in [0.15, 0.2) is 47.4 Å². The molecule has 2 rings (SSSR count). The molecule has 27 heavy (non-hydrogen) atoms. The van der Waals surface area contributed by atoms with E-state index in [1.54, 1.807) is 27.7 Å². The minimum Gasteiger partial charge on any atom is -0.492 e. The van der Waals surface area contributed by atoms with E-state index in [-0.39, 0.29) is 21.9 Å². The summed E-state index contributed by atoms with van der Waals surface area (Å²) in [6.45, 7) is 7.24. The summed E-state index contributed by atoms with van der Waals surface area (Å²) in [7, 11) is -3.81. The van der Waals surface area contributed by atoms with Crippen LogP contribution >= 0.6 is 0 Å². The maximum atomic E-state index is 13.8. The van der Waals surface area contributed by atoms with Gasteiger partial charge in [0.1, 0.15) is 11.6 Å². The van der Waals surface area contributed by atoms with Crippen LogP contribution in [0.4, 0.5) is 10.1 Å². The Balaban J connectivity index is 2.41. The lowest BCUT2D eigenvalue weighted by atomic mass is 10.1. The fourth-order valence-corrected chi connectivity index (χ4v) is 3.80. The van der Waals surface area contributed by atoms with E-state index in [1.165, 1.54) is 42.5 Å². The van der Waals surface area contributed by atoms with Crippen molar-refractivity contribution >= 4 is 21.6 Å². The summed E-state index contributed by atoms with van der Waals surface area (Å²) in [5.41, 5.74) is -0.684. The molecule has 0 atom stereocenters. The second-order valence-corrected chi connectivity index (χ2v) is 8.56. The van der Waals surface area contributed by atoms with Crippen LogP contribution in [-0.2, 0) is 10.0 Å². The highest BCUT2D eigenvalue weighted by Gasteiger charge is 2.24. The van der Waals surface area contributed by atoms with Gasteiger partial charge in [-0.1, -0.05) is 12.1 Å². The fourth-order valence-electron chi connectivity index (χ4n) is 2.35. The molecule has 2 aromatic rings. The number of hydrogen-bond acceptors (Lipinski definition) is 4. The molecule has 8 heteroatoms. The van der Waals surface area contributed by atoms with Gasteiger partial charge in [-0.25, -0.2) is 17.5 Å². The lowest BCUT2D eigenvalue weighted by molar-refractivity contribution is 0.102. The number of carbonyl (C=O) groups excluding carboxylic acids is 1. The Morgan fingerprint density at radius 2 is 1.81 bits per heavy atom. The highest BCUT2D eigenvalue weighted by atomic mass is 32.2. The third-order valence-electron chi connectivity index (χ3n) is 3.37. The zero-order valence-electron chi connectivity index (χ0n) is 15.7. The first-order valence-corrected chi connectivity index (χ1v) is 9.88. The molecule has 2 aromatic carbocycles. The van der Waals surface area contributed by atoms with Gasteiger partial charge in [-0.3, -0.25) is 4.79 Å². The standard InChI is InChI=1S/C19H23FN2O4S/c1-5-26-17-11-10-13(27(24,25)22-19(2,3)4)12-16(17)21-18(23)14-8-6-7-9-15(14)20/h6-12,22H,5H2,1-4H3,(H,21,23). The number of amides is 1. The van der Waals surface area contributed by atoms with E-state index >= 15 is 0 Å². The summed E-state index contributed by atoms with van der Waals surface area (Å²) in [6.07, 6.45) is 0. The van der Waals surface area contributed by atoms with Crippen LogP contribution in [0, 0.1) is 5.82 Å². The zero-order chi connectivity index (χ0) is 20.2. The Bertz CT molecular complexity index is 937. The molecule has 0 aromatic heterocycles. The average Bonchev–Trinajstić information content (AvgIpc) is 2.54. The van der Waals surface area contributed by atoms with Gasteiger partial charge in [0.05, 0.1) is 22.8 Å². The lowest BCUT2D eigenvalue weighted by Gasteiger charge is -2.21. The molecule has 0 saturated carbocycles. The third-order valence-corrected chi connectivity index (χ3v) is 5.12. The molecule has 0 fully saturated rings. The molecular weight excluding hydrogens is 371 g/mol. The van der Waals surface area contributed by atoms with Crippen LogP contribution in [0.25, 0.3) is 0 Å². The van der Waals surface area contributed by atoms with Crippen LogP contribution in [0.1, 0.15) is 38.1 Å².